The van der Waals surface area contributed by atoms with Gasteiger partial charge in [0.05, 0.1) is 11.9 Å². The number of amides is 2. The minimum atomic E-state index is -3.50. The Bertz CT molecular complexity index is 1110. The zero-order valence-electron chi connectivity index (χ0n) is 21.7. The van der Waals surface area contributed by atoms with Crippen molar-refractivity contribution in [2.24, 2.45) is 0 Å². The standard InChI is InChI=1S/C28H39N3O4S/c1-22-12-7-10-17-26(22)31(36(3,34)35)20-11-18-27(32)30(21-19-24-13-5-4-6-14-24)23(2)28(33)29-25-15-8-9-16-25/h4-7,10,12-14,17,23,25H,8-9,11,15-16,18-21H2,1-3H3,(H,29,33)/t23-/m1/s1. The number of rotatable bonds is 12. The lowest BCUT2D eigenvalue weighted by molar-refractivity contribution is -0.140. The second kappa shape index (κ2) is 12.9. The highest BCUT2D eigenvalue weighted by Crippen LogP contribution is 2.23. The summed E-state index contributed by atoms with van der Waals surface area (Å²) in [7, 11) is -3.50. The van der Waals surface area contributed by atoms with Crippen molar-refractivity contribution < 1.29 is 18.0 Å². The molecule has 1 N–H and O–H groups in total. The van der Waals surface area contributed by atoms with E-state index in [9.17, 15) is 18.0 Å². The Morgan fingerprint density at radius 1 is 1.00 bits per heavy atom. The molecule has 0 radical (unpaired) electrons. The summed E-state index contributed by atoms with van der Waals surface area (Å²) in [6.07, 6.45) is 6.55. The van der Waals surface area contributed by atoms with E-state index in [1.54, 1.807) is 17.9 Å². The average Bonchev–Trinajstić information content (AvgIpc) is 3.35. The van der Waals surface area contributed by atoms with Gasteiger partial charge < -0.3 is 10.2 Å². The Morgan fingerprint density at radius 3 is 2.28 bits per heavy atom. The molecule has 0 bridgehead atoms. The smallest absolute Gasteiger partial charge is 0.242 e. The number of hydrogen-bond donors (Lipinski definition) is 1. The van der Waals surface area contributed by atoms with E-state index in [1.165, 1.54) is 10.6 Å². The molecule has 0 spiro atoms. The van der Waals surface area contributed by atoms with Crippen LogP contribution >= 0.6 is 0 Å². The van der Waals surface area contributed by atoms with Crippen LogP contribution in [0.5, 0.6) is 0 Å². The highest BCUT2D eigenvalue weighted by atomic mass is 32.2. The zero-order valence-corrected chi connectivity index (χ0v) is 22.5. The third-order valence-corrected chi connectivity index (χ3v) is 8.07. The largest absolute Gasteiger partial charge is 0.352 e. The van der Waals surface area contributed by atoms with Gasteiger partial charge in [0.1, 0.15) is 6.04 Å². The molecule has 0 heterocycles. The van der Waals surface area contributed by atoms with Gasteiger partial charge in [-0.3, -0.25) is 13.9 Å². The molecule has 2 amide bonds. The number of nitrogens with one attached hydrogen (secondary N) is 1. The highest BCUT2D eigenvalue weighted by Gasteiger charge is 2.28. The second-order valence-corrected chi connectivity index (χ2v) is 11.6. The Kier molecular flexibility index (Phi) is 9.93. The van der Waals surface area contributed by atoms with Crippen LogP contribution < -0.4 is 9.62 Å². The maximum atomic E-state index is 13.4. The number of carbonyl (C=O) groups excluding carboxylic acids is 2. The van der Waals surface area contributed by atoms with Crippen LogP contribution in [-0.2, 0) is 26.0 Å². The van der Waals surface area contributed by atoms with Crippen molar-refractivity contribution in [1.29, 1.82) is 0 Å². The van der Waals surface area contributed by atoms with Crippen molar-refractivity contribution in [3.63, 3.8) is 0 Å². The summed E-state index contributed by atoms with van der Waals surface area (Å²) in [4.78, 5) is 28.0. The van der Waals surface area contributed by atoms with Gasteiger partial charge in [0, 0.05) is 25.6 Å². The second-order valence-electron chi connectivity index (χ2n) is 9.71. The first-order valence-corrected chi connectivity index (χ1v) is 14.7. The van der Waals surface area contributed by atoms with Crippen LogP contribution in [0.4, 0.5) is 5.69 Å². The lowest BCUT2D eigenvalue weighted by Gasteiger charge is -2.30. The van der Waals surface area contributed by atoms with Crippen LogP contribution in [0, 0.1) is 6.92 Å². The number of para-hydroxylation sites is 1. The summed E-state index contributed by atoms with van der Waals surface area (Å²) < 4.78 is 26.3. The van der Waals surface area contributed by atoms with E-state index in [4.69, 9.17) is 0 Å². The van der Waals surface area contributed by atoms with Gasteiger partial charge in [-0.2, -0.15) is 0 Å². The predicted octanol–water partition coefficient (Wildman–Crippen LogP) is 4.06. The molecule has 0 aliphatic heterocycles. The van der Waals surface area contributed by atoms with Crippen molar-refractivity contribution in [3.8, 4) is 0 Å². The molecular weight excluding hydrogens is 474 g/mol. The number of hydrogen-bond acceptors (Lipinski definition) is 4. The number of carbonyl (C=O) groups is 2. The molecule has 0 saturated heterocycles. The first kappa shape index (κ1) is 27.7. The normalized spacial score (nSPS) is 14.9. The Hall–Kier alpha value is -2.87. The van der Waals surface area contributed by atoms with E-state index in [-0.39, 0.29) is 30.8 Å². The lowest BCUT2D eigenvalue weighted by atomic mass is 10.1. The van der Waals surface area contributed by atoms with Crippen LogP contribution in [-0.4, -0.2) is 56.6 Å². The zero-order chi connectivity index (χ0) is 26.1. The molecule has 196 valence electrons. The van der Waals surface area contributed by atoms with Crippen LogP contribution in [0.2, 0.25) is 0 Å². The van der Waals surface area contributed by atoms with E-state index < -0.39 is 16.1 Å². The van der Waals surface area contributed by atoms with E-state index >= 15 is 0 Å². The van der Waals surface area contributed by atoms with Gasteiger partial charge in [-0.25, -0.2) is 8.42 Å². The van der Waals surface area contributed by atoms with Crippen molar-refractivity contribution in [2.75, 3.05) is 23.7 Å². The molecule has 2 aromatic rings. The number of anilines is 1. The monoisotopic (exact) mass is 513 g/mol. The lowest BCUT2D eigenvalue weighted by Crippen LogP contribution is -2.50. The molecule has 36 heavy (non-hydrogen) atoms. The van der Waals surface area contributed by atoms with Crippen LogP contribution in [0.15, 0.2) is 54.6 Å². The Balaban J connectivity index is 1.67. The fraction of sp³-hybridized carbons (Fsp3) is 0.500. The maximum Gasteiger partial charge on any atom is 0.242 e. The third kappa shape index (κ3) is 7.82. The number of aryl methyl sites for hydroxylation is 1. The topological polar surface area (TPSA) is 86.8 Å². The van der Waals surface area contributed by atoms with Gasteiger partial charge in [-0.15, -0.1) is 0 Å². The Labute approximate surface area is 215 Å². The van der Waals surface area contributed by atoms with Gasteiger partial charge in [0.25, 0.3) is 0 Å². The summed E-state index contributed by atoms with van der Waals surface area (Å²) in [5.41, 5.74) is 2.58. The first-order valence-electron chi connectivity index (χ1n) is 12.8. The van der Waals surface area contributed by atoms with Crippen LogP contribution in [0.1, 0.15) is 56.6 Å². The maximum absolute atomic E-state index is 13.4. The van der Waals surface area contributed by atoms with Gasteiger partial charge >= 0.3 is 0 Å². The summed E-state index contributed by atoms with van der Waals surface area (Å²) in [5, 5.41) is 3.11. The summed E-state index contributed by atoms with van der Waals surface area (Å²) in [6.45, 7) is 4.28. The summed E-state index contributed by atoms with van der Waals surface area (Å²) in [5.74, 6) is -0.265. The molecule has 3 rings (SSSR count). The highest BCUT2D eigenvalue weighted by molar-refractivity contribution is 7.92. The molecule has 0 aromatic heterocycles. The molecule has 1 saturated carbocycles. The molecule has 8 heteroatoms. The molecule has 1 fully saturated rings. The minimum absolute atomic E-state index is 0.124. The van der Waals surface area contributed by atoms with Crippen LogP contribution in [0.3, 0.4) is 0 Å². The Morgan fingerprint density at radius 2 is 1.64 bits per heavy atom. The molecule has 1 aliphatic carbocycles. The molecule has 1 aliphatic rings. The van der Waals surface area contributed by atoms with Gasteiger partial charge in [0.2, 0.25) is 21.8 Å². The molecule has 0 unspecified atom stereocenters. The quantitative estimate of drug-likeness (QED) is 0.464. The average molecular weight is 514 g/mol. The summed E-state index contributed by atoms with van der Waals surface area (Å²) in [6, 6.07) is 16.8. The first-order chi connectivity index (χ1) is 17.2. The van der Waals surface area contributed by atoms with Crippen molar-refractivity contribution in [1.82, 2.24) is 10.2 Å². The van der Waals surface area contributed by atoms with Gasteiger partial charge in [-0.1, -0.05) is 61.4 Å². The van der Waals surface area contributed by atoms with Gasteiger partial charge in [-0.05, 0) is 56.7 Å². The van der Waals surface area contributed by atoms with E-state index in [1.807, 2.05) is 55.5 Å². The van der Waals surface area contributed by atoms with E-state index in [2.05, 4.69) is 5.32 Å². The fourth-order valence-electron chi connectivity index (χ4n) is 4.79. The molecule has 7 nitrogen and oxygen atoms in total. The van der Waals surface area contributed by atoms with Gasteiger partial charge in [0.15, 0.2) is 0 Å². The molecular formula is C28H39N3O4S. The van der Waals surface area contributed by atoms with Crippen molar-refractivity contribution in [2.45, 2.75) is 70.9 Å². The number of benzene rings is 2. The molecule has 2 aromatic carbocycles. The number of nitrogens with zero attached hydrogens (tertiary/aromatic N) is 2. The third-order valence-electron chi connectivity index (χ3n) is 6.89. The van der Waals surface area contributed by atoms with E-state index in [0.29, 0.717) is 25.1 Å². The van der Waals surface area contributed by atoms with E-state index in [0.717, 1.165) is 36.8 Å². The predicted molar refractivity (Wildman–Crippen MR) is 144 cm³/mol. The van der Waals surface area contributed by atoms with Crippen molar-refractivity contribution >= 4 is 27.5 Å². The SMILES string of the molecule is Cc1ccccc1N(CCCC(=O)N(CCc1ccccc1)[C@H](C)C(=O)NC1CCCC1)S(C)(=O)=O. The van der Waals surface area contributed by atoms with Crippen molar-refractivity contribution in [3.05, 3.63) is 65.7 Å². The van der Waals surface area contributed by atoms with Crippen LogP contribution in [0.25, 0.3) is 0 Å². The number of sulfonamides is 1. The minimum Gasteiger partial charge on any atom is -0.352 e. The molecule has 1 atom stereocenters. The fourth-order valence-corrected chi connectivity index (χ4v) is 5.81. The summed E-state index contributed by atoms with van der Waals surface area (Å²) >= 11 is 0.